The molecule has 0 amide bonds. The normalized spacial score (nSPS) is 21.7. The Morgan fingerprint density at radius 1 is 0.386 bits per heavy atom. The van der Waals surface area contributed by atoms with Gasteiger partial charge in [0, 0.05) is 0 Å². The van der Waals surface area contributed by atoms with Gasteiger partial charge in [0.15, 0.2) is 0 Å². The van der Waals surface area contributed by atoms with Gasteiger partial charge in [0.05, 0.1) is 0 Å². The molecule has 0 heterocycles. The fraction of sp³-hybridized carbons (Fsp3) is 0.577. The number of halogens is 3. The van der Waals surface area contributed by atoms with Crippen LogP contribution in [0.5, 0.6) is 0 Å². The Kier molecular flexibility index (Phi) is 15.9. The summed E-state index contributed by atoms with van der Waals surface area (Å²) in [6.45, 7) is 46.2. The van der Waals surface area contributed by atoms with Crippen molar-refractivity contribution < 1.29 is 57.7 Å². The SMILES string of the molecule is CC1[CH]([Ti+3])C2C=CC=CC2C1[Si](c1cc(C(C)(C)C)cc(C(C)(C)C)c1)(c1cc(C(C)(C)C)cc(C(C)(C)C)c1)c1cc(C(C)(C)C)cc(C(C)(C)C)c1.[Cl-].[Cl-].[Cl-]. The minimum atomic E-state index is -2.95. The van der Waals surface area contributed by atoms with Crippen molar-refractivity contribution in [2.45, 2.75) is 174 Å². The van der Waals surface area contributed by atoms with Crippen LogP contribution in [0.4, 0.5) is 0 Å². The molecule has 0 spiro atoms. The van der Waals surface area contributed by atoms with E-state index < -0.39 is 8.07 Å². The maximum Gasteiger partial charge on any atom is -1.00 e. The molecule has 2 aliphatic carbocycles. The third kappa shape index (κ3) is 10.4. The smallest absolute Gasteiger partial charge is 1.00 e. The summed E-state index contributed by atoms with van der Waals surface area (Å²) in [5, 5.41) is 4.80. The van der Waals surface area contributed by atoms with Gasteiger partial charge in [-0.05, 0) is 0 Å². The fourth-order valence-corrected chi connectivity index (χ4v) is 16.7. The van der Waals surface area contributed by atoms with Crippen LogP contribution in [0.25, 0.3) is 0 Å². The molecule has 1 saturated carbocycles. The maximum absolute atomic E-state index is 2.95. The minimum absolute atomic E-state index is 0. The van der Waals surface area contributed by atoms with Gasteiger partial charge in [0.25, 0.3) is 0 Å². The molecule has 57 heavy (non-hydrogen) atoms. The van der Waals surface area contributed by atoms with Crippen molar-refractivity contribution in [2.75, 3.05) is 0 Å². The van der Waals surface area contributed by atoms with Crippen LogP contribution in [0.2, 0.25) is 9.76 Å². The first-order valence-corrected chi connectivity index (χ1v) is 23.9. The van der Waals surface area contributed by atoms with Crippen molar-refractivity contribution in [2.24, 2.45) is 17.8 Å². The van der Waals surface area contributed by atoms with Crippen LogP contribution in [0, 0.1) is 17.8 Å². The summed E-state index contributed by atoms with van der Waals surface area (Å²) in [5.41, 5.74) is 9.28. The van der Waals surface area contributed by atoms with E-state index in [0.29, 0.717) is 27.5 Å². The second-order valence-electron chi connectivity index (χ2n) is 23.5. The summed E-state index contributed by atoms with van der Waals surface area (Å²) in [4.78, 5) is 0. The molecule has 312 valence electrons. The molecule has 2 aliphatic rings. The standard InChI is InChI=1S/C52H75Si.3ClH.Ti/c1-34-24-35-22-20-21-23-45(35)46(34)53(42-28-36(47(2,3)4)25-37(29-42)48(5,6)7,43-30-38(49(8,9)10)26-39(31-43)50(11,12)13)44-32-40(51(14,15)16)27-41(33-44)52(17,18)19;;;;/h20-35,45-46H,1-19H3;3*1H;/q;;;;+3/p-3. The molecule has 0 saturated heterocycles. The molecule has 1 fully saturated rings. The van der Waals surface area contributed by atoms with E-state index in [4.69, 9.17) is 0 Å². The molecule has 0 N–H and O–H groups in total. The number of benzene rings is 3. The van der Waals surface area contributed by atoms with Gasteiger partial charge in [-0.25, -0.2) is 0 Å². The fourth-order valence-electron chi connectivity index (χ4n) is 9.21. The molecule has 3 aromatic carbocycles. The number of allylic oxidation sites excluding steroid dienone is 4. The molecule has 5 rings (SSSR count). The molecule has 0 nitrogen and oxygen atoms in total. The summed E-state index contributed by atoms with van der Waals surface area (Å²) in [6.07, 6.45) is 9.91. The van der Waals surface area contributed by atoms with E-state index in [9.17, 15) is 0 Å². The molecule has 3 aromatic rings. The van der Waals surface area contributed by atoms with Crippen molar-refractivity contribution >= 4 is 23.6 Å². The van der Waals surface area contributed by atoms with Crippen molar-refractivity contribution in [1.82, 2.24) is 0 Å². The van der Waals surface area contributed by atoms with Crippen molar-refractivity contribution in [3.05, 3.63) is 112 Å². The van der Waals surface area contributed by atoms with Crippen molar-refractivity contribution in [3.8, 4) is 0 Å². The van der Waals surface area contributed by atoms with Crippen LogP contribution in [-0.2, 0) is 52.9 Å². The van der Waals surface area contributed by atoms with Crippen LogP contribution in [-0.4, -0.2) is 8.07 Å². The topological polar surface area (TPSA) is 0 Å². The van der Waals surface area contributed by atoms with Crippen LogP contribution in [0.1, 0.15) is 165 Å². The first-order valence-electron chi connectivity index (χ1n) is 20.9. The van der Waals surface area contributed by atoms with Gasteiger partial charge in [-0.3, -0.25) is 0 Å². The van der Waals surface area contributed by atoms with Crippen molar-refractivity contribution in [3.63, 3.8) is 0 Å². The quantitative estimate of drug-likeness (QED) is 0.278. The molecular formula is C52H75Cl3SiTi. The number of hydrogen-bond acceptors (Lipinski definition) is 0. The van der Waals surface area contributed by atoms with E-state index in [-0.39, 0.29) is 69.7 Å². The average molecular weight is 882 g/mol. The number of fused-ring (bicyclic) bond motifs is 1. The van der Waals surface area contributed by atoms with Crippen LogP contribution >= 0.6 is 0 Å². The zero-order chi connectivity index (χ0) is 40.8. The molecule has 0 aliphatic heterocycles. The van der Waals surface area contributed by atoms with Crippen LogP contribution in [0.3, 0.4) is 0 Å². The Hall–Kier alpha value is -1.06. The first kappa shape index (κ1) is 52.1. The minimum Gasteiger partial charge on any atom is -1.00 e. The number of hydrogen-bond donors (Lipinski definition) is 0. The van der Waals surface area contributed by atoms with E-state index in [1.165, 1.54) is 33.4 Å². The molecule has 5 atom stereocenters. The maximum atomic E-state index is 2.72. The summed E-state index contributed by atoms with van der Waals surface area (Å²) >= 11 is 2.56. The van der Waals surface area contributed by atoms with Gasteiger partial charge in [0.2, 0.25) is 0 Å². The Morgan fingerprint density at radius 2 is 0.614 bits per heavy atom. The van der Waals surface area contributed by atoms with E-state index in [1.807, 2.05) is 0 Å². The predicted octanol–water partition coefficient (Wildman–Crippen LogP) is 3.67. The predicted molar refractivity (Wildman–Crippen MR) is 238 cm³/mol. The third-order valence-electron chi connectivity index (χ3n) is 13.0. The largest absolute Gasteiger partial charge is 1.00 e. The Balaban J connectivity index is 0.00000374. The van der Waals surface area contributed by atoms with Gasteiger partial charge < -0.3 is 37.2 Å². The second kappa shape index (κ2) is 17.4. The van der Waals surface area contributed by atoms with E-state index in [0.717, 1.165) is 0 Å². The molecule has 5 heteroatoms. The van der Waals surface area contributed by atoms with Gasteiger partial charge in [0.1, 0.15) is 0 Å². The van der Waals surface area contributed by atoms with E-state index in [2.05, 4.69) is 231 Å². The van der Waals surface area contributed by atoms with Crippen molar-refractivity contribution in [1.29, 1.82) is 0 Å². The molecule has 0 bridgehead atoms. The van der Waals surface area contributed by atoms with E-state index >= 15 is 0 Å². The molecular weight excluding hydrogens is 807 g/mol. The number of rotatable bonds is 4. The Morgan fingerprint density at radius 3 is 0.842 bits per heavy atom. The van der Waals surface area contributed by atoms with Gasteiger partial charge in [-0.1, -0.05) is 0 Å². The zero-order valence-corrected chi connectivity index (χ0v) is 43.9. The third-order valence-corrected chi connectivity index (χ3v) is 20.0. The average Bonchev–Trinajstić information content (AvgIpc) is 3.28. The molecule has 0 radical (unpaired) electrons. The Labute approximate surface area is 382 Å². The molecule has 5 unspecified atom stereocenters. The molecule has 0 aromatic heterocycles. The first-order chi connectivity index (χ1) is 24.4. The van der Waals surface area contributed by atoms with E-state index in [1.54, 1.807) is 15.6 Å². The summed E-state index contributed by atoms with van der Waals surface area (Å²) in [6, 6.07) is 24.0. The zero-order valence-electron chi connectivity index (χ0n) is 39.0. The summed E-state index contributed by atoms with van der Waals surface area (Å²) in [7, 11) is -2.95. The Bertz CT molecular complexity index is 1650. The summed E-state index contributed by atoms with van der Waals surface area (Å²) < 4.78 is 0.585. The van der Waals surface area contributed by atoms with Crippen LogP contribution < -0.4 is 52.8 Å². The monoisotopic (exact) mass is 880 g/mol. The van der Waals surface area contributed by atoms with Gasteiger partial charge >= 0.3 is 348 Å². The van der Waals surface area contributed by atoms with Gasteiger partial charge in [-0.2, -0.15) is 0 Å². The summed E-state index contributed by atoms with van der Waals surface area (Å²) in [5.74, 6) is 1.54. The second-order valence-corrected chi connectivity index (χ2v) is 28.6. The van der Waals surface area contributed by atoms with Crippen LogP contribution in [0.15, 0.2) is 78.9 Å². The van der Waals surface area contributed by atoms with Gasteiger partial charge in [-0.15, -0.1) is 0 Å².